The number of para-hydroxylation sites is 1. The van der Waals surface area contributed by atoms with Crippen molar-refractivity contribution in [3.05, 3.63) is 47.2 Å². The molecule has 170 valence electrons. The number of rotatable bonds is 1. The molecule has 1 aliphatic heterocycles. The fraction of sp³-hybridized carbons (Fsp3) is 0.593. The van der Waals surface area contributed by atoms with Crippen molar-refractivity contribution >= 4 is 16.7 Å². The lowest BCUT2D eigenvalue weighted by Crippen LogP contribution is -2.68. The van der Waals surface area contributed by atoms with Crippen LogP contribution in [-0.4, -0.2) is 44.4 Å². The Hall–Kier alpha value is -1.95. The van der Waals surface area contributed by atoms with E-state index >= 15 is 0 Å². The Kier molecular flexibility index (Phi) is 3.96. The van der Waals surface area contributed by atoms with Crippen molar-refractivity contribution in [2.24, 2.45) is 11.3 Å². The van der Waals surface area contributed by atoms with Crippen molar-refractivity contribution in [1.29, 1.82) is 0 Å². The zero-order valence-electron chi connectivity index (χ0n) is 19.4. The molecule has 0 spiro atoms. The van der Waals surface area contributed by atoms with Crippen LogP contribution in [0.4, 0.5) is 0 Å². The number of hydrogen-bond acceptors (Lipinski definition) is 4. The zero-order valence-corrected chi connectivity index (χ0v) is 19.4. The third kappa shape index (κ3) is 2.27. The van der Waals surface area contributed by atoms with Crippen LogP contribution in [0, 0.1) is 11.3 Å². The van der Waals surface area contributed by atoms with Crippen molar-refractivity contribution in [2.45, 2.75) is 88.6 Å². The average molecular weight is 436 g/mol. The molecule has 6 rings (SSSR count). The standard InChI is InChI=1S/C27H33NO4/c1-24(2,30)23-20(29)14-18-21(32-23)10-11-25(3)26(4)15(9-12-27(18,25)31)13-17-16-7-5-6-8-19(16)28-22(17)26/h5-8,14-15,21,23,28,30-31H,9-13H2,1-4H3/t15-,21+,23+,25-,26-,27-/m1/s1. The number of carbonyl (C=O) groups excluding carboxylic acids is 1. The summed E-state index contributed by atoms with van der Waals surface area (Å²) in [4.78, 5) is 16.7. The number of aliphatic hydroxyl groups is 2. The first-order valence-electron chi connectivity index (χ1n) is 12.0. The van der Waals surface area contributed by atoms with Gasteiger partial charge in [0.05, 0.1) is 17.3 Å². The normalized spacial score (nSPS) is 41.0. The summed E-state index contributed by atoms with van der Waals surface area (Å²) in [7, 11) is 0. The van der Waals surface area contributed by atoms with Gasteiger partial charge in [-0.1, -0.05) is 32.0 Å². The van der Waals surface area contributed by atoms with E-state index in [0.29, 0.717) is 12.3 Å². The highest BCUT2D eigenvalue weighted by Gasteiger charge is 2.70. The van der Waals surface area contributed by atoms with Crippen LogP contribution >= 0.6 is 0 Å². The smallest absolute Gasteiger partial charge is 0.187 e. The van der Waals surface area contributed by atoms with Gasteiger partial charge in [0, 0.05) is 27.4 Å². The predicted octanol–water partition coefficient (Wildman–Crippen LogP) is 3.96. The van der Waals surface area contributed by atoms with Crippen molar-refractivity contribution in [2.75, 3.05) is 0 Å². The lowest BCUT2D eigenvalue weighted by atomic mass is 9.42. The van der Waals surface area contributed by atoms with Crippen LogP contribution < -0.4 is 0 Å². The van der Waals surface area contributed by atoms with E-state index in [2.05, 4.69) is 43.1 Å². The molecular formula is C27H33NO4. The summed E-state index contributed by atoms with van der Waals surface area (Å²) in [5.74, 6) is 0.214. The Bertz CT molecular complexity index is 1170. The average Bonchev–Trinajstić information content (AvgIpc) is 3.24. The topological polar surface area (TPSA) is 82.5 Å². The minimum atomic E-state index is -1.25. The molecule has 3 N–H and O–H groups in total. The number of aromatic amines is 1. The number of nitrogens with one attached hydrogen (secondary N) is 1. The molecule has 5 nitrogen and oxygen atoms in total. The van der Waals surface area contributed by atoms with Crippen LogP contribution in [0.1, 0.15) is 64.6 Å². The summed E-state index contributed by atoms with van der Waals surface area (Å²) in [5, 5.41) is 24.1. The number of fused-ring (bicyclic) bond motifs is 9. The van der Waals surface area contributed by atoms with Crippen LogP contribution in [0.15, 0.2) is 35.9 Å². The Morgan fingerprint density at radius 2 is 1.91 bits per heavy atom. The molecule has 32 heavy (non-hydrogen) atoms. The van der Waals surface area contributed by atoms with Crippen LogP contribution in [0.3, 0.4) is 0 Å². The van der Waals surface area contributed by atoms with E-state index < -0.39 is 22.7 Å². The molecule has 1 aromatic carbocycles. The van der Waals surface area contributed by atoms with Gasteiger partial charge in [0.1, 0.15) is 6.10 Å². The van der Waals surface area contributed by atoms with Gasteiger partial charge in [0.25, 0.3) is 0 Å². The molecule has 2 aromatic rings. The molecule has 6 atom stereocenters. The SMILES string of the molecule is CC(C)(O)[C@H]1O[C@H]2CC[C@@]3(C)[C@@](O)(CC[C@@H]4Cc5c([nH]c6ccccc56)[C@@]43C)C2=CC1=O. The maximum absolute atomic E-state index is 13.0. The summed E-state index contributed by atoms with van der Waals surface area (Å²) < 4.78 is 6.15. The molecule has 1 aromatic heterocycles. The first kappa shape index (κ1) is 20.6. The molecular weight excluding hydrogens is 402 g/mol. The molecule has 0 amide bonds. The minimum absolute atomic E-state index is 0.226. The van der Waals surface area contributed by atoms with Crippen LogP contribution in [0.25, 0.3) is 10.9 Å². The molecule has 0 bridgehead atoms. The largest absolute Gasteiger partial charge is 0.387 e. The van der Waals surface area contributed by atoms with E-state index in [1.54, 1.807) is 19.9 Å². The van der Waals surface area contributed by atoms with Crippen LogP contribution in [0.5, 0.6) is 0 Å². The molecule has 4 aliphatic rings. The number of benzene rings is 1. The predicted molar refractivity (Wildman–Crippen MR) is 122 cm³/mol. The van der Waals surface area contributed by atoms with Gasteiger partial charge >= 0.3 is 0 Å². The number of ketones is 1. The molecule has 0 radical (unpaired) electrons. The Balaban J connectivity index is 1.50. The third-order valence-corrected chi connectivity index (χ3v) is 9.74. The van der Waals surface area contributed by atoms with Gasteiger partial charge < -0.3 is 19.9 Å². The van der Waals surface area contributed by atoms with E-state index in [9.17, 15) is 15.0 Å². The Morgan fingerprint density at radius 1 is 1.16 bits per heavy atom. The van der Waals surface area contributed by atoms with Crippen molar-refractivity contribution in [1.82, 2.24) is 4.98 Å². The summed E-state index contributed by atoms with van der Waals surface area (Å²) in [6.07, 6.45) is 4.51. The Morgan fingerprint density at radius 3 is 2.66 bits per heavy atom. The second kappa shape index (κ2) is 6.13. The van der Waals surface area contributed by atoms with E-state index in [1.807, 2.05) is 0 Å². The second-order valence-electron chi connectivity index (χ2n) is 11.6. The van der Waals surface area contributed by atoms with E-state index in [1.165, 1.54) is 16.6 Å². The fourth-order valence-corrected chi connectivity index (χ4v) is 7.82. The van der Waals surface area contributed by atoms with E-state index in [-0.39, 0.29) is 17.3 Å². The number of carbonyl (C=O) groups is 1. The van der Waals surface area contributed by atoms with Gasteiger partial charge in [-0.2, -0.15) is 0 Å². The lowest BCUT2D eigenvalue weighted by molar-refractivity contribution is -0.195. The molecule has 0 saturated heterocycles. The fourth-order valence-electron chi connectivity index (χ4n) is 7.82. The molecule has 0 unspecified atom stereocenters. The molecule has 5 heteroatoms. The number of ether oxygens (including phenoxy) is 1. The summed E-state index contributed by atoms with van der Waals surface area (Å²) in [6, 6.07) is 8.49. The Labute approximate surface area is 188 Å². The summed E-state index contributed by atoms with van der Waals surface area (Å²) in [5.41, 5.74) is 1.53. The highest BCUT2D eigenvalue weighted by Crippen LogP contribution is 2.69. The maximum Gasteiger partial charge on any atom is 0.187 e. The highest BCUT2D eigenvalue weighted by molar-refractivity contribution is 5.96. The van der Waals surface area contributed by atoms with E-state index in [4.69, 9.17) is 4.74 Å². The monoisotopic (exact) mass is 435 g/mol. The van der Waals surface area contributed by atoms with Crippen molar-refractivity contribution < 1.29 is 19.7 Å². The van der Waals surface area contributed by atoms with Crippen molar-refractivity contribution in [3.8, 4) is 0 Å². The third-order valence-electron chi connectivity index (χ3n) is 9.74. The molecule has 3 aliphatic carbocycles. The molecule has 2 saturated carbocycles. The van der Waals surface area contributed by atoms with Crippen molar-refractivity contribution in [3.63, 3.8) is 0 Å². The van der Waals surface area contributed by atoms with Gasteiger partial charge in [-0.15, -0.1) is 0 Å². The number of aromatic nitrogens is 1. The first-order chi connectivity index (χ1) is 15.0. The van der Waals surface area contributed by atoms with Crippen LogP contribution in [-0.2, 0) is 21.4 Å². The van der Waals surface area contributed by atoms with Crippen LogP contribution in [0.2, 0.25) is 0 Å². The van der Waals surface area contributed by atoms with Gasteiger partial charge in [-0.3, -0.25) is 4.79 Å². The number of H-pyrrole nitrogens is 1. The molecule has 2 heterocycles. The summed E-state index contributed by atoms with van der Waals surface area (Å²) in [6.45, 7) is 7.77. The van der Waals surface area contributed by atoms with Gasteiger partial charge in [-0.05, 0) is 75.1 Å². The highest BCUT2D eigenvalue weighted by atomic mass is 16.5. The summed E-state index contributed by atoms with van der Waals surface area (Å²) >= 11 is 0. The van der Waals surface area contributed by atoms with Gasteiger partial charge in [0.15, 0.2) is 5.78 Å². The quantitative estimate of drug-likeness (QED) is 0.633. The lowest BCUT2D eigenvalue weighted by Gasteiger charge is -2.64. The number of hydrogen-bond donors (Lipinski definition) is 3. The minimum Gasteiger partial charge on any atom is -0.387 e. The first-order valence-corrected chi connectivity index (χ1v) is 12.0. The maximum atomic E-state index is 13.0. The second-order valence-corrected chi connectivity index (χ2v) is 11.6. The zero-order chi connectivity index (χ0) is 22.7. The molecule has 2 fully saturated rings. The van der Waals surface area contributed by atoms with Gasteiger partial charge in [-0.25, -0.2) is 0 Å². The van der Waals surface area contributed by atoms with E-state index in [0.717, 1.165) is 36.8 Å². The van der Waals surface area contributed by atoms with Gasteiger partial charge in [0.2, 0.25) is 0 Å².